The molecular formula is C19H16O3S. The van der Waals surface area contributed by atoms with Gasteiger partial charge in [-0.1, -0.05) is 24.3 Å². The molecule has 0 spiro atoms. The van der Waals surface area contributed by atoms with Crippen LogP contribution in [-0.2, 0) is 9.53 Å². The lowest BCUT2D eigenvalue weighted by Crippen LogP contribution is -2.17. The van der Waals surface area contributed by atoms with Crippen LogP contribution in [0, 0.1) is 0 Å². The second-order valence-electron chi connectivity index (χ2n) is 5.51. The Bertz CT molecular complexity index is 881. The van der Waals surface area contributed by atoms with E-state index >= 15 is 0 Å². The van der Waals surface area contributed by atoms with Gasteiger partial charge in [0.25, 0.3) is 0 Å². The Balaban J connectivity index is 1.78. The second-order valence-corrected chi connectivity index (χ2v) is 6.46. The molecule has 1 unspecified atom stereocenters. The third-order valence-electron chi connectivity index (χ3n) is 4.05. The fraction of sp³-hybridized carbons (Fsp3) is 0.211. The van der Waals surface area contributed by atoms with Gasteiger partial charge in [-0.25, -0.2) is 0 Å². The van der Waals surface area contributed by atoms with Crippen LogP contribution in [0.5, 0.6) is 5.75 Å². The van der Waals surface area contributed by atoms with E-state index in [1.165, 1.54) is 5.39 Å². The Kier molecular flexibility index (Phi) is 3.54. The number of esters is 1. The van der Waals surface area contributed by atoms with Crippen molar-refractivity contribution in [2.24, 2.45) is 0 Å². The topological polar surface area (TPSA) is 35.5 Å². The summed E-state index contributed by atoms with van der Waals surface area (Å²) in [5.41, 5.74) is 2.26. The van der Waals surface area contributed by atoms with Gasteiger partial charge >= 0.3 is 5.97 Å². The maximum absolute atomic E-state index is 11.9. The van der Waals surface area contributed by atoms with Gasteiger partial charge in [-0.15, -0.1) is 11.3 Å². The Morgan fingerprint density at radius 1 is 1.17 bits per heavy atom. The van der Waals surface area contributed by atoms with E-state index in [-0.39, 0.29) is 18.5 Å². The Hall–Kier alpha value is -2.33. The maximum atomic E-state index is 11.9. The zero-order chi connectivity index (χ0) is 15.8. The van der Waals surface area contributed by atoms with Crippen molar-refractivity contribution in [3.8, 4) is 16.9 Å². The van der Waals surface area contributed by atoms with Crippen molar-refractivity contribution in [2.45, 2.75) is 19.4 Å². The van der Waals surface area contributed by atoms with Gasteiger partial charge in [0.15, 0.2) is 0 Å². The second kappa shape index (κ2) is 5.70. The first kappa shape index (κ1) is 14.3. The predicted octanol–water partition coefficient (Wildman–Crippen LogP) is 4.96. The van der Waals surface area contributed by atoms with Crippen molar-refractivity contribution < 1.29 is 14.3 Å². The minimum Gasteiger partial charge on any atom is -0.484 e. The molecule has 0 aliphatic carbocycles. The van der Waals surface area contributed by atoms with Crippen LogP contribution in [0.3, 0.4) is 0 Å². The van der Waals surface area contributed by atoms with E-state index < -0.39 is 0 Å². The van der Waals surface area contributed by atoms with Gasteiger partial charge in [-0.3, -0.25) is 4.79 Å². The highest BCUT2D eigenvalue weighted by Crippen LogP contribution is 2.47. The number of carbonyl (C=O) groups excluding carboxylic acids is 1. The molecule has 2 heterocycles. The molecule has 2 aromatic carbocycles. The van der Waals surface area contributed by atoms with E-state index in [0.717, 1.165) is 27.1 Å². The molecule has 0 N–H and O–H groups in total. The molecule has 0 fully saturated rings. The molecule has 4 heteroatoms. The van der Waals surface area contributed by atoms with E-state index in [9.17, 15) is 4.79 Å². The normalized spacial score (nSPS) is 15.6. The number of rotatable bonds is 3. The maximum Gasteiger partial charge on any atom is 0.309 e. The molecular weight excluding hydrogens is 308 g/mol. The van der Waals surface area contributed by atoms with Crippen molar-refractivity contribution in [1.29, 1.82) is 0 Å². The Morgan fingerprint density at radius 3 is 2.74 bits per heavy atom. The van der Waals surface area contributed by atoms with Gasteiger partial charge < -0.3 is 9.47 Å². The van der Waals surface area contributed by atoms with Gasteiger partial charge in [0.1, 0.15) is 11.9 Å². The average Bonchev–Trinajstić information content (AvgIpc) is 3.04. The third-order valence-corrected chi connectivity index (χ3v) is 5.06. The van der Waals surface area contributed by atoms with Crippen molar-refractivity contribution in [3.05, 3.63) is 52.7 Å². The van der Waals surface area contributed by atoms with Crippen molar-refractivity contribution >= 4 is 28.1 Å². The fourth-order valence-corrected chi connectivity index (χ4v) is 3.97. The molecule has 1 aliphatic heterocycles. The fourth-order valence-electron chi connectivity index (χ4n) is 3.03. The molecule has 0 radical (unpaired) electrons. The predicted molar refractivity (Wildman–Crippen MR) is 91.9 cm³/mol. The highest BCUT2D eigenvalue weighted by Gasteiger charge is 2.29. The molecule has 23 heavy (non-hydrogen) atoms. The van der Waals surface area contributed by atoms with Crippen LogP contribution in [0.2, 0.25) is 0 Å². The summed E-state index contributed by atoms with van der Waals surface area (Å²) >= 11 is 1.63. The van der Waals surface area contributed by atoms with Crippen LogP contribution in [0.25, 0.3) is 21.9 Å². The average molecular weight is 324 g/mol. The summed E-state index contributed by atoms with van der Waals surface area (Å²) in [7, 11) is 0. The summed E-state index contributed by atoms with van der Waals surface area (Å²) in [4.78, 5) is 13.0. The SMILES string of the molecule is CCOC(=O)CC1Oc2cc3ccccc3cc2-c2ccsc21. The number of benzene rings is 2. The lowest BCUT2D eigenvalue weighted by Gasteiger charge is -2.26. The van der Waals surface area contributed by atoms with E-state index in [2.05, 4.69) is 35.7 Å². The molecule has 4 rings (SSSR count). The van der Waals surface area contributed by atoms with E-state index in [1.54, 1.807) is 11.3 Å². The molecule has 1 aromatic heterocycles. The van der Waals surface area contributed by atoms with E-state index in [4.69, 9.17) is 9.47 Å². The molecule has 116 valence electrons. The lowest BCUT2D eigenvalue weighted by atomic mass is 9.96. The zero-order valence-electron chi connectivity index (χ0n) is 12.7. The van der Waals surface area contributed by atoms with E-state index in [1.807, 2.05) is 19.1 Å². The number of hydrogen-bond acceptors (Lipinski definition) is 4. The molecule has 1 atom stereocenters. The van der Waals surface area contributed by atoms with Gasteiger partial charge in [0.05, 0.1) is 17.9 Å². The number of hydrogen-bond donors (Lipinski definition) is 0. The van der Waals surface area contributed by atoms with Crippen molar-refractivity contribution in [3.63, 3.8) is 0 Å². The summed E-state index contributed by atoms with van der Waals surface area (Å²) < 4.78 is 11.2. The standard InChI is InChI=1S/C19H16O3S/c1-2-21-18(20)11-17-19-14(7-8-23-19)15-9-12-5-3-4-6-13(12)10-16(15)22-17/h3-10,17H,2,11H2,1H3. The first-order valence-electron chi connectivity index (χ1n) is 7.69. The number of ether oxygens (including phenoxy) is 2. The molecule has 3 aromatic rings. The van der Waals surface area contributed by atoms with Crippen LogP contribution in [0.1, 0.15) is 24.3 Å². The van der Waals surface area contributed by atoms with Crippen molar-refractivity contribution in [2.75, 3.05) is 6.61 Å². The molecule has 3 nitrogen and oxygen atoms in total. The highest BCUT2D eigenvalue weighted by molar-refractivity contribution is 7.10. The first-order chi connectivity index (χ1) is 11.3. The van der Waals surface area contributed by atoms with Gasteiger partial charge in [0.2, 0.25) is 0 Å². The van der Waals surface area contributed by atoms with Crippen LogP contribution in [-0.4, -0.2) is 12.6 Å². The number of fused-ring (bicyclic) bond motifs is 4. The Morgan fingerprint density at radius 2 is 1.96 bits per heavy atom. The first-order valence-corrected chi connectivity index (χ1v) is 8.57. The van der Waals surface area contributed by atoms with Gasteiger partial charge in [-0.05, 0) is 41.3 Å². The zero-order valence-corrected chi connectivity index (χ0v) is 13.6. The highest BCUT2D eigenvalue weighted by atomic mass is 32.1. The molecule has 0 bridgehead atoms. The molecule has 1 aliphatic rings. The minimum absolute atomic E-state index is 0.221. The van der Waals surface area contributed by atoms with Crippen LogP contribution >= 0.6 is 11.3 Å². The minimum atomic E-state index is -0.266. The van der Waals surface area contributed by atoms with Crippen LogP contribution in [0.4, 0.5) is 0 Å². The molecule has 0 amide bonds. The molecule has 0 saturated heterocycles. The largest absolute Gasteiger partial charge is 0.484 e. The van der Waals surface area contributed by atoms with Crippen molar-refractivity contribution in [1.82, 2.24) is 0 Å². The summed E-state index contributed by atoms with van der Waals surface area (Å²) in [5, 5.41) is 4.38. The summed E-state index contributed by atoms with van der Waals surface area (Å²) in [6.07, 6.45) is -0.0223. The van der Waals surface area contributed by atoms with Gasteiger partial charge in [-0.2, -0.15) is 0 Å². The third kappa shape index (κ3) is 2.49. The van der Waals surface area contributed by atoms with Gasteiger partial charge in [0, 0.05) is 11.1 Å². The number of thiophene rings is 1. The summed E-state index contributed by atoms with van der Waals surface area (Å²) in [5.74, 6) is 0.616. The summed E-state index contributed by atoms with van der Waals surface area (Å²) in [6, 6.07) is 14.6. The monoisotopic (exact) mass is 324 g/mol. The lowest BCUT2D eigenvalue weighted by molar-refractivity contribution is -0.145. The number of carbonyl (C=O) groups is 1. The smallest absolute Gasteiger partial charge is 0.309 e. The van der Waals surface area contributed by atoms with Crippen LogP contribution < -0.4 is 4.74 Å². The molecule has 0 saturated carbocycles. The van der Waals surface area contributed by atoms with E-state index in [0.29, 0.717) is 6.61 Å². The van der Waals surface area contributed by atoms with Crippen LogP contribution in [0.15, 0.2) is 47.8 Å². The summed E-state index contributed by atoms with van der Waals surface area (Å²) in [6.45, 7) is 2.21. The quantitative estimate of drug-likeness (QED) is 0.639. The Labute approximate surface area is 138 Å².